The first-order valence-electron chi connectivity index (χ1n) is 9.02. The molecule has 0 saturated carbocycles. The molecule has 6 heteroatoms. The zero-order valence-electron chi connectivity index (χ0n) is 15.3. The summed E-state index contributed by atoms with van der Waals surface area (Å²) in [4.78, 5) is 27.0. The summed E-state index contributed by atoms with van der Waals surface area (Å²) < 4.78 is 5.13. The molecule has 0 aromatic heterocycles. The highest BCUT2D eigenvalue weighted by atomic mass is 16.5. The molecule has 2 aromatic rings. The van der Waals surface area contributed by atoms with Gasteiger partial charge in [-0.05, 0) is 42.8 Å². The Morgan fingerprint density at radius 2 is 1.81 bits per heavy atom. The van der Waals surface area contributed by atoms with Crippen molar-refractivity contribution in [3.05, 3.63) is 65.7 Å². The first-order chi connectivity index (χ1) is 13.1. The molecule has 1 aliphatic heterocycles. The number of nitrogens with zero attached hydrogens (tertiary/aromatic N) is 1. The van der Waals surface area contributed by atoms with Crippen LogP contribution in [0, 0.1) is 5.92 Å². The quantitative estimate of drug-likeness (QED) is 0.846. The highest BCUT2D eigenvalue weighted by molar-refractivity contribution is 5.95. The molecule has 2 atom stereocenters. The summed E-state index contributed by atoms with van der Waals surface area (Å²) in [6.45, 7) is 0.896. The average molecular weight is 368 g/mol. The number of aliphatic hydroxyl groups is 1. The monoisotopic (exact) mass is 368 g/mol. The molecule has 0 aliphatic carbocycles. The number of amides is 2. The zero-order chi connectivity index (χ0) is 19.2. The third-order valence-electron chi connectivity index (χ3n) is 4.97. The van der Waals surface area contributed by atoms with E-state index < -0.39 is 0 Å². The highest BCUT2D eigenvalue weighted by Gasteiger charge is 2.32. The molecule has 1 heterocycles. The van der Waals surface area contributed by atoms with Crippen molar-refractivity contribution in [3.8, 4) is 5.75 Å². The summed E-state index contributed by atoms with van der Waals surface area (Å²) in [5.74, 6) is 0.335. The summed E-state index contributed by atoms with van der Waals surface area (Å²) in [5, 5.41) is 12.7. The number of rotatable bonds is 5. The Labute approximate surface area is 158 Å². The Hall–Kier alpha value is -2.86. The van der Waals surface area contributed by atoms with E-state index in [0.717, 1.165) is 0 Å². The zero-order valence-corrected chi connectivity index (χ0v) is 15.3. The fraction of sp³-hybridized carbons (Fsp3) is 0.333. The molecular formula is C21H24N2O4. The van der Waals surface area contributed by atoms with Crippen LogP contribution in [0.15, 0.2) is 54.6 Å². The van der Waals surface area contributed by atoms with Crippen LogP contribution in [0.2, 0.25) is 0 Å². The molecule has 1 aliphatic rings. The number of hydrogen-bond donors (Lipinski definition) is 2. The minimum absolute atomic E-state index is 0.0235. The lowest BCUT2D eigenvalue weighted by Crippen LogP contribution is -2.55. The predicted molar refractivity (Wildman–Crippen MR) is 102 cm³/mol. The van der Waals surface area contributed by atoms with E-state index in [9.17, 15) is 14.7 Å². The van der Waals surface area contributed by atoms with Crippen molar-refractivity contribution >= 4 is 11.8 Å². The molecule has 2 N–H and O–H groups in total. The van der Waals surface area contributed by atoms with Crippen LogP contribution in [0.5, 0.6) is 5.75 Å². The van der Waals surface area contributed by atoms with Gasteiger partial charge in [0.2, 0.25) is 0 Å². The number of nitrogens with one attached hydrogen (secondary N) is 1. The Bertz CT molecular complexity index is 777. The van der Waals surface area contributed by atoms with Gasteiger partial charge in [0.15, 0.2) is 0 Å². The normalized spacial score (nSPS) is 19.4. The first-order valence-corrected chi connectivity index (χ1v) is 9.02. The average Bonchev–Trinajstić information content (AvgIpc) is 2.73. The second-order valence-corrected chi connectivity index (χ2v) is 6.66. The molecule has 0 radical (unpaired) electrons. The number of benzene rings is 2. The summed E-state index contributed by atoms with van der Waals surface area (Å²) in [7, 11) is 1.58. The fourth-order valence-corrected chi connectivity index (χ4v) is 3.32. The SMILES string of the molecule is COc1ccc(C(=O)N2CC[C@H](CO)[C@H](NC(=O)c3ccccc3)C2)cc1. The van der Waals surface area contributed by atoms with Gasteiger partial charge >= 0.3 is 0 Å². The number of methoxy groups -OCH3 is 1. The van der Waals surface area contributed by atoms with Gasteiger partial charge in [0, 0.05) is 36.7 Å². The topological polar surface area (TPSA) is 78.9 Å². The minimum Gasteiger partial charge on any atom is -0.497 e. The van der Waals surface area contributed by atoms with Crippen LogP contribution >= 0.6 is 0 Å². The Balaban J connectivity index is 1.70. The number of likely N-dealkylation sites (tertiary alicyclic amines) is 1. The van der Waals surface area contributed by atoms with Gasteiger partial charge in [-0.3, -0.25) is 9.59 Å². The van der Waals surface area contributed by atoms with E-state index in [-0.39, 0.29) is 30.4 Å². The molecule has 1 saturated heterocycles. The number of ether oxygens (including phenoxy) is 1. The van der Waals surface area contributed by atoms with E-state index in [2.05, 4.69) is 5.32 Å². The van der Waals surface area contributed by atoms with Gasteiger partial charge in [-0.25, -0.2) is 0 Å². The third-order valence-corrected chi connectivity index (χ3v) is 4.97. The standard InChI is InChI=1S/C21H24N2O4/c1-27-18-9-7-16(8-10-18)21(26)23-12-11-17(14-24)19(13-23)22-20(25)15-5-3-2-4-6-15/h2-10,17,19,24H,11-14H2,1H3,(H,22,25)/t17-,19-/m1/s1. The van der Waals surface area contributed by atoms with Crippen molar-refractivity contribution in [2.24, 2.45) is 5.92 Å². The predicted octanol–water partition coefficient (Wildman–Crippen LogP) is 1.95. The van der Waals surface area contributed by atoms with Crippen LogP contribution in [-0.2, 0) is 0 Å². The van der Waals surface area contributed by atoms with E-state index in [1.807, 2.05) is 6.07 Å². The summed E-state index contributed by atoms with van der Waals surface area (Å²) in [5.41, 5.74) is 1.14. The number of carbonyl (C=O) groups is 2. The lowest BCUT2D eigenvalue weighted by atomic mass is 9.91. The Morgan fingerprint density at radius 1 is 1.11 bits per heavy atom. The van der Waals surface area contributed by atoms with Gasteiger partial charge < -0.3 is 20.1 Å². The Kier molecular flexibility index (Phi) is 6.08. The van der Waals surface area contributed by atoms with Crippen LogP contribution in [0.4, 0.5) is 0 Å². The largest absolute Gasteiger partial charge is 0.497 e. The molecule has 2 amide bonds. The second kappa shape index (κ2) is 8.68. The molecule has 0 bridgehead atoms. The molecule has 0 unspecified atom stereocenters. The van der Waals surface area contributed by atoms with Crippen molar-refractivity contribution in [1.82, 2.24) is 10.2 Å². The molecule has 0 spiro atoms. The van der Waals surface area contributed by atoms with Crippen molar-refractivity contribution in [1.29, 1.82) is 0 Å². The van der Waals surface area contributed by atoms with Gasteiger partial charge in [-0.1, -0.05) is 18.2 Å². The van der Waals surface area contributed by atoms with Crippen LogP contribution < -0.4 is 10.1 Å². The third kappa shape index (κ3) is 4.46. The minimum atomic E-state index is -0.293. The first kappa shape index (κ1) is 18.9. The van der Waals surface area contributed by atoms with E-state index >= 15 is 0 Å². The maximum Gasteiger partial charge on any atom is 0.253 e. The lowest BCUT2D eigenvalue weighted by molar-refractivity contribution is 0.0541. The van der Waals surface area contributed by atoms with Crippen LogP contribution in [0.25, 0.3) is 0 Å². The lowest BCUT2D eigenvalue weighted by Gasteiger charge is -2.38. The molecule has 3 rings (SSSR count). The van der Waals surface area contributed by atoms with Crippen LogP contribution in [0.3, 0.4) is 0 Å². The van der Waals surface area contributed by atoms with E-state index in [1.165, 1.54) is 0 Å². The summed E-state index contributed by atoms with van der Waals surface area (Å²) in [6.07, 6.45) is 0.637. The van der Waals surface area contributed by atoms with Crippen molar-refractivity contribution in [2.75, 3.05) is 26.8 Å². The smallest absolute Gasteiger partial charge is 0.253 e. The number of piperidine rings is 1. The maximum absolute atomic E-state index is 12.8. The van der Waals surface area contributed by atoms with Gasteiger partial charge in [-0.15, -0.1) is 0 Å². The number of carbonyl (C=O) groups excluding carboxylic acids is 2. The van der Waals surface area contributed by atoms with Gasteiger partial charge in [0.05, 0.1) is 13.2 Å². The summed E-state index contributed by atoms with van der Waals surface area (Å²) >= 11 is 0. The molecule has 27 heavy (non-hydrogen) atoms. The number of hydrogen-bond acceptors (Lipinski definition) is 4. The highest BCUT2D eigenvalue weighted by Crippen LogP contribution is 2.21. The van der Waals surface area contributed by atoms with Crippen LogP contribution in [-0.4, -0.2) is 54.7 Å². The molecule has 2 aromatic carbocycles. The van der Waals surface area contributed by atoms with E-state index in [1.54, 1.807) is 60.5 Å². The van der Waals surface area contributed by atoms with Gasteiger partial charge in [0.1, 0.15) is 5.75 Å². The fourth-order valence-electron chi connectivity index (χ4n) is 3.32. The Morgan fingerprint density at radius 3 is 2.44 bits per heavy atom. The molecule has 142 valence electrons. The van der Waals surface area contributed by atoms with Gasteiger partial charge in [0.25, 0.3) is 11.8 Å². The molecular weight excluding hydrogens is 344 g/mol. The molecule has 6 nitrogen and oxygen atoms in total. The van der Waals surface area contributed by atoms with Crippen LogP contribution in [0.1, 0.15) is 27.1 Å². The maximum atomic E-state index is 12.8. The molecule has 1 fully saturated rings. The van der Waals surface area contributed by atoms with E-state index in [0.29, 0.717) is 36.4 Å². The van der Waals surface area contributed by atoms with Crippen molar-refractivity contribution < 1.29 is 19.4 Å². The van der Waals surface area contributed by atoms with Gasteiger partial charge in [-0.2, -0.15) is 0 Å². The second-order valence-electron chi connectivity index (χ2n) is 6.66. The summed E-state index contributed by atoms with van der Waals surface area (Å²) in [6, 6.07) is 15.6. The van der Waals surface area contributed by atoms with E-state index in [4.69, 9.17) is 4.74 Å². The number of aliphatic hydroxyl groups excluding tert-OH is 1. The van der Waals surface area contributed by atoms with Crippen molar-refractivity contribution in [2.45, 2.75) is 12.5 Å². The van der Waals surface area contributed by atoms with Crippen molar-refractivity contribution in [3.63, 3.8) is 0 Å².